The van der Waals surface area contributed by atoms with E-state index in [4.69, 9.17) is 99.5 Å². The van der Waals surface area contributed by atoms with Crippen molar-refractivity contribution in [2.75, 3.05) is 66.1 Å². The second-order valence-corrected chi connectivity index (χ2v) is 32.6. The maximum absolute atomic E-state index is 13.5. The second kappa shape index (κ2) is 45.6. The molecule has 0 bridgehead atoms. The van der Waals surface area contributed by atoms with Crippen molar-refractivity contribution in [2.24, 2.45) is 0 Å². The Kier molecular flexibility index (Phi) is 37.3. The van der Waals surface area contributed by atoms with Crippen molar-refractivity contribution in [2.45, 2.75) is 359 Å². The van der Waals surface area contributed by atoms with Gasteiger partial charge in [-0.05, 0) is 6.92 Å². The maximum atomic E-state index is 13.5. The number of ether oxygens (including phenoxy) is 21. The summed E-state index contributed by atoms with van der Waals surface area (Å²) in [7, 11) is 0. The summed E-state index contributed by atoms with van der Waals surface area (Å²) in [6.45, 7) is -7.59. The Morgan fingerprint density at radius 3 is 1.00 bits per heavy atom. The van der Waals surface area contributed by atoms with Crippen LogP contribution in [0.25, 0.3) is 0 Å². The molecule has 57 heteroatoms. The summed E-state index contributed by atoms with van der Waals surface area (Å²) >= 11 is 0. The van der Waals surface area contributed by atoms with Crippen molar-refractivity contribution in [3.63, 3.8) is 0 Å². The number of hydrogen-bond acceptors (Lipinski definition) is 54. The number of carbonyl (C=O) groups is 3. The lowest BCUT2D eigenvalue weighted by Gasteiger charge is -2.52. The van der Waals surface area contributed by atoms with E-state index in [1.807, 2.05) is 0 Å². The van der Waals surface area contributed by atoms with Gasteiger partial charge in [0.25, 0.3) is 0 Å². The molecule has 11 heterocycles. The Morgan fingerprint density at radius 2 is 0.508 bits per heavy atom. The SMILES string of the molecule is CC(=O)N[C@H]1[C@H](O[C@H]2[C@H](O[C@@H]3O[C@@H](C)[C@@H](O)[C@@H](O)[C@@H]3O)[C@@H](NC(C)=O)C(O)O[C@@H]2CO)O[C@H](CO)[C@@H](O[C@@H]2O[C@H](CO[C@H]3O[C@H](CO[C@H]4O[C@H](CO)[C@@H](O)[C@H](O)[C@@H]4O)[C@@H](O)[C@H](O[C@H]4O[C@H](CO)[C@@H](O)[C@H](O)[C@@H]4O)[C@@H]3O)[C@@H](O)[C@H](O[C@H]3O[C@H](CO)[C@@H](O)[C@H](O)[C@@H]3O[C@@H]3O[C@H](CO)[C@@H](O)[C@H](O[C@@H]4O[C@H](CO)[C@H](O)[C@H](O)[C@H]4O)[C@H]3NC(C)=O)[C@@H]2O[C@@H]2O[C@H](CO)[C@H](O)[C@H]2O)[C@@H]1O. The minimum Gasteiger partial charge on any atom is -0.394 e. The summed E-state index contributed by atoms with van der Waals surface area (Å²) in [6.07, 6.45) is -110. The molecule has 0 aliphatic carbocycles. The molecular weight excluding hydrogens is 1760 g/mol. The number of amides is 3. The van der Waals surface area contributed by atoms with E-state index in [2.05, 4.69) is 16.0 Å². The van der Waals surface area contributed by atoms with E-state index < -0.39 is 415 Å². The minimum absolute atomic E-state index is 0.887. The molecule has 742 valence electrons. The van der Waals surface area contributed by atoms with Crippen molar-refractivity contribution >= 4 is 17.7 Å². The van der Waals surface area contributed by atoms with Crippen LogP contribution in [0.2, 0.25) is 0 Å². The third kappa shape index (κ3) is 22.6. The molecule has 11 saturated heterocycles. The molecule has 11 fully saturated rings. The number of rotatable bonds is 33. The van der Waals surface area contributed by atoms with E-state index in [9.17, 15) is 168 Å². The highest BCUT2D eigenvalue weighted by Gasteiger charge is 2.63. The molecule has 0 radical (unpaired) electrons. The molecule has 1 unspecified atom stereocenters. The Balaban J connectivity index is 1.01. The standard InChI is InChI=1S/C71H119N3O54/c1-15-32(86)42(96)49(103)66(110-15)124-56-30(73-17(3)84)61(107)111-26(12-82)54(56)122-62-29(72-16(2)83)41(95)53(25(11-81)118-62)121-71-60(128-67-47(101)37(91)23(9-79)116-67)58(126-70-59(46(100)36(90)22(8-78)117-70)127-63-31(74-18(4)85)55(38(92)24(10-80)112-63)123-68-50(104)44(98)34(88)20(6-76)114-68)40(94)28(120-71)14-109-65-52(106)57(125-69-51(105)45(99)35(89)21(7-77)115-69)39(93)27(119-65)13-108-64-48(102)43(97)33(87)19(5-75)113-64/h15,19-71,75-82,86-107H,5-14H2,1-4H3,(H,72,83)(H,73,84)(H,74,85)/t15-,19+,20+,21+,22+,23+,24+,25+,26+,27+,28+,29+,30+,31+,32+,33+,34-,35+,36+,37-,38+,39+,40+,41+,42+,43-,44-,45-,46-,47+,48-,49-,50+,51-,52-,53+,54+,55+,56+,57-,58-,59-,60-,61?,62-,63-,64-,65-,66-,67-,68-,69+,70+,71-/m0/s1. The Bertz CT molecular complexity index is 3440. The van der Waals surface area contributed by atoms with Crippen molar-refractivity contribution in [1.29, 1.82) is 0 Å². The second-order valence-electron chi connectivity index (χ2n) is 32.6. The zero-order valence-electron chi connectivity index (χ0n) is 68.5. The molecule has 11 aliphatic rings. The zero-order chi connectivity index (χ0) is 94.0. The quantitative estimate of drug-likeness (QED) is 0.0290. The first kappa shape index (κ1) is 105. The molecule has 0 aromatic heterocycles. The lowest BCUT2D eigenvalue weighted by Crippen LogP contribution is -2.71. The topological polar surface area (TPSA) is 888 Å². The van der Waals surface area contributed by atoms with Crippen molar-refractivity contribution in [3.05, 3.63) is 0 Å². The molecule has 11 rings (SSSR count). The van der Waals surface area contributed by atoms with E-state index in [1.165, 1.54) is 6.92 Å². The van der Waals surface area contributed by atoms with E-state index in [0.29, 0.717) is 0 Å². The highest BCUT2D eigenvalue weighted by atomic mass is 16.8. The molecule has 128 heavy (non-hydrogen) atoms. The largest absolute Gasteiger partial charge is 0.394 e. The molecule has 0 aromatic carbocycles. The number of aliphatic hydroxyl groups excluding tert-OH is 30. The molecule has 0 saturated carbocycles. The molecule has 11 aliphatic heterocycles. The van der Waals surface area contributed by atoms with Gasteiger partial charge in [0.2, 0.25) is 17.7 Å². The van der Waals surface area contributed by atoms with Gasteiger partial charge in [0.05, 0.1) is 72.2 Å². The van der Waals surface area contributed by atoms with Crippen LogP contribution in [0.15, 0.2) is 0 Å². The predicted octanol–water partition coefficient (Wildman–Crippen LogP) is -22.9. The Morgan fingerprint density at radius 1 is 0.219 bits per heavy atom. The summed E-state index contributed by atoms with van der Waals surface area (Å²) in [5.74, 6) is -2.97. The fraction of sp³-hybridized carbons (Fsp3) is 0.958. The van der Waals surface area contributed by atoms with Crippen LogP contribution in [-0.4, -0.2) is 568 Å². The number of nitrogens with one attached hydrogen (secondary N) is 3. The summed E-state index contributed by atoms with van der Waals surface area (Å²) in [4.78, 5) is 39.7. The van der Waals surface area contributed by atoms with Gasteiger partial charge < -0.3 is 269 Å². The normalized spacial score (nSPS) is 51.0. The summed E-state index contributed by atoms with van der Waals surface area (Å²) < 4.78 is 126. The van der Waals surface area contributed by atoms with Gasteiger partial charge in [-0.3, -0.25) is 14.4 Å². The van der Waals surface area contributed by atoms with Gasteiger partial charge >= 0.3 is 0 Å². The van der Waals surface area contributed by atoms with Crippen molar-refractivity contribution < 1.29 is 267 Å². The summed E-state index contributed by atoms with van der Waals surface area (Å²) in [5, 5.41) is 343. The predicted molar refractivity (Wildman–Crippen MR) is 390 cm³/mol. The van der Waals surface area contributed by atoms with Gasteiger partial charge in [-0.1, -0.05) is 0 Å². The van der Waals surface area contributed by atoms with E-state index >= 15 is 0 Å². The van der Waals surface area contributed by atoms with Crippen LogP contribution < -0.4 is 16.0 Å². The number of carbonyl (C=O) groups excluding carboxylic acids is 3. The molecule has 0 spiro atoms. The molecule has 57 nitrogen and oxygen atoms in total. The highest BCUT2D eigenvalue weighted by Crippen LogP contribution is 2.42. The van der Waals surface area contributed by atoms with Crippen LogP contribution in [0, 0.1) is 0 Å². The molecule has 33 N–H and O–H groups in total. The van der Waals surface area contributed by atoms with Crippen molar-refractivity contribution in [3.8, 4) is 0 Å². The van der Waals surface area contributed by atoms with E-state index in [0.717, 1.165) is 20.8 Å². The van der Waals surface area contributed by atoms with Crippen LogP contribution >= 0.6 is 0 Å². The average molecular weight is 1880 g/mol. The third-order valence-corrected chi connectivity index (χ3v) is 23.8. The first-order valence-corrected chi connectivity index (χ1v) is 40.9. The van der Waals surface area contributed by atoms with Gasteiger partial charge in [0.1, 0.15) is 256 Å². The monoisotopic (exact) mass is 1880 g/mol. The van der Waals surface area contributed by atoms with Crippen LogP contribution in [0.1, 0.15) is 27.7 Å². The summed E-state index contributed by atoms with van der Waals surface area (Å²) in [5.41, 5.74) is 0. The molecule has 3 amide bonds. The highest BCUT2D eigenvalue weighted by molar-refractivity contribution is 5.74. The Labute approximate surface area is 724 Å². The van der Waals surface area contributed by atoms with Gasteiger partial charge in [-0.25, -0.2) is 0 Å². The maximum Gasteiger partial charge on any atom is 0.217 e. The third-order valence-electron chi connectivity index (χ3n) is 23.8. The van der Waals surface area contributed by atoms with Crippen LogP contribution in [-0.2, 0) is 114 Å². The molecule has 0 aromatic rings. The first-order chi connectivity index (χ1) is 60.6. The fourth-order valence-corrected chi connectivity index (χ4v) is 16.6. The van der Waals surface area contributed by atoms with E-state index in [1.54, 1.807) is 0 Å². The van der Waals surface area contributed by atoms with Gasteiger partial charge in [0.15, 0.2) is 69.2 Å². The van der Waals surface area contributed by atoms with Gasteiger partial charge in [0, 0.05) is 20.8 Å². The zero-order valence-corrected chi connectivity index (χ0v) is 68.5. The fourth-order valence-electron chi connectivity index (χ4n) is 16.6. The van der Waals surface area contributed by atoms with Crippen LogP contribution in [0.5, 0.6) is 0 Å². The van der Waals surface area contributed by atoms with Gasteiger partial charge in [-0.15, -0.1) is 0 Å². The summed E-state index contributed by atoms with van der Waals surface area (Å²) in [6, 6.07) is -6.00. The average Bonchev–Trinajstić information content (AvgIpc) is 1.01. The minimum atomic E-state index is -2.66. The molecule has 54 atom stereocenters. The number of aliphatic hydroxyl groups is 30. The lowest BCUT2D eigenvalue weighted by molar-refractivity contribution is -0.408. The van der Waals surface area contributed by atoms with Crippen LogP contribution in [0.3, 0.4) is 0 Å². The number of hydrogen-bond donors (Lipinski definition) is 33. The molecular formula is C71H119N3O54. The Hall–Kier alpha value is -3.63. The first-order valence-electron chi connectivity index (χ1n) is 40.9. The smallest absolute Gasteiger partial charge is 0.217 e. The lowest BCUT2D eigenvalue weighted by atomic mass is 9.93. The van der Waals surface area contributed by atoms with Gasteiger partial charge in [-0.2, -0.15) is 0 Å². The van der Waals surface area contributed by atoms with Crippen molar-refractivity contribution in [1.82, 2.24) is 16.0 Å². The van der Waals surface area contributed by atoms with E-state index in [-0.39, 0.29) is 0 Å². The van der Waals surface area contributed by atoms with Crippen LogP contribution in [0.4, 0.5) is 0 Å².